The van der Waals surface area contributed by atoms with Gasteiger partial charge in [-0.2, -0.15) is 0 Å². The zero-order valence-electron chi connectivity index (χ0n) is 17.7. The van der Waals surface area contributed by atoms with Crippen molar-refractivity contribution in [3.05, 3.63) is 50.6 Å². The van der Waals surface area contributed by atoms with E-state index in [1.54, 1.807) is 12.1 Å². The molecule has 2 unspecified atom stereocenters. The summed E-state index contributed by atoms with van der Waals surface area (Å²) < 4.78 is 0. The Kier molecular flexibility index (Phi) is 5.90. The molecule has 8 nitrogen and oxygen atoms in total. The lowest BCUT2D eigenvalue weighted by atomic mass is 10.0. The van der Waals surface area contributed by atoms with E-state index in [1.165, 1.54) is 11.3 Å². The normalized spacial score (nSPS) is 21.3. The number of H-pyrrole nitrogens is 1. The van der Waals surface area contributed by atoms with Gasteiger partial charge in [-0.05, 0) is 44.3 Å². The Morgan fingerprint density at radius 2 is 2.06 bits per heavy atom. The standard InChI is InChI=1S/C22H25ClN6O2S/c1-29-7-5-16-19(11-29)32-22(28-16)21(31)27-18-10-24-6-4-15(18)26-20(30)17-9-12-8-13(23)2-3-14(12)25-17/h2-3,8-9,15,18,24-25H,4-7,10-11H2,1H3,(H,26,30)(H,27,31). The van der Waals surface area contributed by atoms with Crippen LogP contribution < -0.4 is 16.0 Å². The number of nitrogens with zero attached hydrogens (tertiary/aromatic N) is 2. The number of fused-ring (bicyclic) bond motifs is 2. The highest BCUT2D eigenvalue weighted by molar-refractivity contribution is 7.13. The molecule has 0 spiro atoms. The second-order valence-electron chi connectivity index (χ2n) is 8.44. The minimum absolute atomic E-state index is 0.177. The van der Waals surface area contributed by atoms with Gasteiger partial charge in [0.05, 0.1) is 17.8 Å². The molecule has 10 heteroatoms. The van der Waals surface area contributed by atoms with Gasteiger partial charge in [0, 0.05) is 46.9 Å². The molecule has 2 aromatic heterocycles. The molecular weight excluding hydrogens is 448 g/mol. The highest BCUT2D eigenvalue weighted by Gasteiger charge is 2.30. The topological polar surface area (TPSA) is 102 Å². The fourth-order valence-electron chi connectivity index (χ4n) is 4.31. The maximum absolute atomic E-state index is 12.9. The fourth-order valence-corrected chi connectivity index (χ4v) is 5.58. The van der Waals surface area contributed by atoms with E-state index in [9.17, 15) is 9.59 Å². The number of nitrogens with one attached hydrogen (secondary N) is 4. The third-order valence-corrected chi connectivity index (χ3v) is 7.38. The molecule has 2 aliphatic rings. The first-order valence-electron chi connectivity index (χ1n) is 10.7. The van der Waals surface area contributed by atoms with E-state index >= 15 is 0 Å². The van der Waals surface area contributed by atoms with Crippen LogP contribution in [-0.2, 0) is 13.0 Å². The average molecular weight is 473 g/mol. The van der Waals surface area contributed by atoms with Gasteiger partial charge >= 0.3 is 0 Å². The minimum atomic E-state index is -0.220. The van der Waals surface area contributed by atoms with Crippen LogP contribution in [-0.4, -0.2) is 65.4 Å². The SMILES string of the molecule is CN1CCc2nc(C(=O)NC3CNCCC3NC(=O)c3cc4cc(Cl)ccc4[nH]3)sc2C1. The second-order valence-corrected chi connectivity index (χ2v) is 9.96. The number of piperidine rings is 1. The molecule has 2 atom stereocenters. The molecule has 1 aromatic carbocycles. The van der Waals surface area contributed by atoms with Crippen LogP contribution in [0.5, 0.6) is 0 Å². The van der Waals surface area contributed by atoms with Crippen LogP contribution in [0.2, 0.25) is 5.02 Å². The predicted octanol–water partition coefficient (Wildman–Crippen LogP) is 2.16. The van der Waals surface area contributed by atoms with E-state index in [1.807, 2.05) is 12.1 Å². The van der Waals surface area contributed by atoms with Crippen LogP contribution in [0.25, 0.3) is 10.9 Å². The quantitative estimate of drug-likeness (QED) is 0.466. The van der Waals surface area contributed by atoms with E-state index in [0.29, 0.717) is 22.3 Å². The number of likely N-dealkylation sites (N-methyl/N-ethyl adjacent to an activating group) is 1. The number of hydrogen-bond acceptors (Lipinski definition) is 6. The van der Waals surface area contributed by atoms with Crippen molar-refractivity contribution in [3.63, 3.8) is 0 Å². The molecule has 4 heterocycles. The first-order chi connectivity index (χ1) is 15.5. The van der Waals surface area contributed by atoms with Crippen LogP contribution in [0, 0.1) is 0 Å². The molecule has 0 saturated carbocycles. The summed E-state index contributed by atoms with van der Waals surface area (Å²) in [6.45, 7) is 3.16. The first-order valence-corrected chi connectivity index (χ1v) is 11.9. The Hall–Kier alpha value is -2.46. The van der Waals surface area contributed by atoms with Crippen molar-refractivity contribution in [1.82, 2.24) is 30.8 Å². The third kappa shape index (κ3) is 4.38. The van der Waals surface area contributed by atoms with Gasteiger partial charge in [-0.25, -0.2) is 4.98 Å². The van der Waals surface area contributed by atoms with Crippen LogP contribution >= 0.6 is 22.9 Å². The number of halogens is 1. The zero-order valence-corrected chi connectivity index (χ0v) is 19.3. The summed E-state index contributed by atoms with van der Waals surface area (Å²) in [5, 5.41) is 11.5. The van der Waals surface area contributed by atoms with Crippen molar-refractivity contribution in [3.8, 4) is 0 Å². The van der Waals surface area contributed by atoms with Gasteiger partial charge in [0.15, 0.2) is 5.01 Å². The molecular formula is C22H25ClN6O2S. The van der Waals surface area contributed by atoms with Gasteiger partial charge in [0.2, 0.25) is 0 Å². The second kappa shape index (κ2) is 8.82. The maximum Gasteiger partial charge on any atom is 0.280 e. The summed E-state index contributed by atoms with van der Waals surface area (Å²) >= 11 is 7.52. The predicted molar refractivity (Wildman–Crippen MR) is 125 cm³/mol. The highest BCUT2D eigenvalue weighted by Crippen LogP contribution is 2.25. The van der Waals surface area contributed by atoms with E-state index in [0.717, 1.165) is 53.9 Å². The molecule has 2 aliphatic heterocycles. The molecule has 168 valence electrons. The number of thiazole rings is 1. The lowest BCUT2D eigenvalue weighted by molar-refractivity contribution is 0.0866. The number of carbonyl (C=O) groups excluding carboxylic acids is 2. The molecule has 3 aromatic rings. The van der Waals surface area contributed by atoms with Gasteiger partial charge in [0.1, 0.15) is 5.69 Å². The summed E-state index contributed by atoms with van der Waals surface area (Å²) in [5.74, 6) is -0.378. The van der Waals surface area contributed by atoms with Crippen LogP contribution in [0.15, 0.2) is 24.3 Å². The van der Waals surface area contributed by atoms with Crippen molar-refractivity contribution >= 4 is 45.7 Å². The Morgan fingerprint density at radius 3 is 2.94 bits per heavy atom. The van der Waals surface area contributed by atoms with Gasteiger partial charge in [-0.3, -0.25) is 9.59 Å². The first kappa shape index (κ1) is 21.4. The Morgan fingerprint density at radius 1 is 1.22 bits per heavy atom. The van der Waals surface area contributed by atoms with Crippen LogP contribution in [0.4, 0.5) is 0 Å². The largest absolute Gasteiger partial charge is 0.351 e. The van der Waals surface area contributed by atoms with Crippen molar-refractivity contribution < 1.29 is 9.59 Å². The smallest absolute Gasteiger partial charge is 0.280 e. The summed E-state index contributed by atoms with van der Waals surface area (Å²) in [6, 6.07) is 6.86. The third-order valence-electron chi connectivity index (χ3n) is 6.06. The van der Waals surface area contributed by atoms with Crippen LogP contribution in [0.3, 0.4) is 0 Å². The monoisotopic (exact) mass is 472 g/mol. The van der Waals surface area contributed by atoms with Gasteiger partial charge in [-0.1, -0.05) is 11.6 Å². The van der Waals surface area contributed by atoms with Gasteiger partial charge in [0.25, 0.3) is 11.8 Å². The summed E-state index contributed by atoms with van der Waals surface area (Å²) in [7, 11) is 2.07. The van der Waals surface area contributed by atoms with Crippen molar-refractivity contribution in [2.45, 2.75) is 31.5 Å². The average Bonchev–Trinajstić information content (AvgIpc) is 3.38. The maximum atomic E-state index is 12.9. The number of benzene rings is 1. The molecule has 4 N–H and O–H groups in total. The Balaban J connectivity index is 1.27. The van der Waals surface area contributed by atoms with Crippen molar-refractivity contribution in [2.24, 2.45) is 0 Å². The number of amides is 2. The van der Waals surface area contributed by atoms with Crippen molar-refractivity contribution in [2.75, 3.05) is 26.7 Å². The number of aromatic nitrogens is 2. The van der Waals surface area contributed by atoms with Crippen LogP contribution in [0.1, 0.15) is 37.3 Å². The molecule has 0 bridgehead atoms. The Labute approximate surface area is 194 Å². The number of aromatic amines is 1. The van der Waals surface area contributed by atoms with Gasteiger partial charge in [-0.15, -0.1) is 11.3 Å². The summed E-state index contributed by atoms with van der Waals surface area (Å²) in [6.07, 6.45) is 1.59. The summed E-state index contributed by atoms with van der Waals surface area (Å²) in [4.78, 5) is 36.9. The number of rotatable bonds is 4. The lowest BCUT2D eigenvalue weighted by Crippen LogP contribution is -2.59. The minimum Gasteiger partial charge on any atom is -0.351 e. The molecule has 0 aliphatic carbocycles. The zero-order chi connectivity index (χ0) is 22.2. The summed E-state index contributed by atoms with van der Waals surface area (Å²) in [5.41, 5.74) is 2.36. The molecule has 32 heavy (non-hydrogen) atoms. The van der Waals surface area contributed by atoms with E-state index in [2.05, 4.69) is 37.9 Å². The molecule has 1 fully saturated rings. The lowest BCUT2D eigenvalue weighted by Gasteiger charge is -2.33. The molecule has 0 radical (unpaired) electrons. The van der Waals surface area contributed by atoms with Gasteiger partial charge < -0.3 is 25.8 Å². The van der Waals surface area contributed by atoms with E-state index in [-0.39, 0.29) is 23.9 Å². The molecule has 2 amide bonds. The van der Waals surface area contributed by atoms with E-state index < -0.39 is 0 Å². The molecule has 1 saturated heterocycles. The Bertz CT molecular complexity index is 1170. The van der Waals surface area contributed by atoms with E-state index in [4.69, 9.17) is 11.6 Å². The highest BCUT2D eigenvalue weighted by atomic mass is 35.5. The number of carbonyl (C=O) groups is 2. The van der Waals surface area contributed by atoms with Crippen molar-refractivity contribution in [1.29, 1.82) is 0 Å². The number of hydrogen-bond donors (Lipinski definition) is 4. The fraction of sp³-hybridized carbons (Fsp3) is 0.409. The molecule has 5 rings (SSSR count).